The maximum atomic E-state index is 11.9. The van der Waals surface area contributed by atoms with Crippen LogP contribution in [0.15, 0.2) is 0 Å². The van der Waals surface area contributed by atoms with Crippen molar-refractivity contribution in [3.63, 3.8) is 0 Å². The Bertz CT molecular complexity index is 289. The van der Waals surface area contributed by atoms with Gasteiger partial charge >= 0.3 is 6.09 Å². The van der Waals surface area contributed by atoms with Crippen molar-refractivity contribution >= 4 is 6.09 Å². The van der Waals surface area contributed by atoms with Crippen molar-refractivity contribution in [2.45, 2.75) is 59.6 Å². The lowest BCUT2D eigenvalue weighted by molar-refractivity contribution is 0.0290. The first kappa shape index (κ1) is 15.3. The first-order chi connectivity index (χ1) is 8.07. The summed E-state index contributed by atoms with van der Waals surface area (Å²) in [6.07, 6.45) is 0.817. The highest BCUT2D eigenvalue weighted by atomic mass is 16.6. The van der Waals surface area contributed by atoms with Crippen LogP contribution in [0.1, 0.15) is 48.0 Å². The second kappa shape index (κ2) is 5.47. The maximum Gasteiger partial charge on any atom is 0.410 e. The van der Waals surface area contributed by atoms with Gasteiger partial charge in [0.15, 0.2) is 0 Å². The lowest BCUT2D eigenvalue weighted by Gasteiger charge is -2.25. The van der Waals surface area contributed by atoms with Crippen molar-refractivity contribution in [1.82, 2.24) is 10.2 Å². The molecule has 18 heavy (non-hydrogen) atoms. The van der Waals surface area contributed by atoms with E-state index in [0.29, 0.717) is 6.04 Å². The topological polar surface area (TPSA) is 41.6 Å². The number of amides is 1. The molecule has 1 N–H and O–H groups in total. The van der Waals surface area contributed by atoms with Crippen LogP contribution in [0.25, 0.3) is 0 Å². The van der Waals surface area contributed by atoms with Crippen molar-refractivity contribution in [2.24, 2.45) is 5.41 Å². The fourth-order valence-electron chi connectivity index (χ4n) is 1.87. The molecule has 1 amide bonds. The molecule has 0 unspecified atom stereocenters. The quantitative estimate of drug-likeness (QED) is 0.826. The lowest BCUT2D eigenvalue weighted by Crippen LogP contribution is -2.40. The molecule has 0 aromatic heterocycles. The predicted molar refractivity (Wildman–Crippen MR) is 73.7 cm³/mol. The van der Waals surface area contributed by atoms with Crippen molar-refractivity contribution in [1.29, 1.82) is 0 Å². The van der Waals surface area contributed by atoms with Gasteiger partial charge in [-0.2, -0.15) is 0 Å². The summed E-state index contributed by atoms with van der Waals surface area (Å²) in [5.74, 6) is 0. The largest absolute Gasteiger partial charge is 0.444 e. The molecule has 1 saturated heterocycles. The molecule has 106 valence electrons. The third kappa shape index (κ3) is 5.71. The molecule has 1 heterocycles. The van der Waals surface area contributed by atoms with Crippen LogP contribution in [-0.4, -0.2) is 42.3 Å². The number of carbonyl (C=O) groups is 1. The highest BCUT2D eigenvalue weighted by Gasteiger charge is 2.29. The van der Waals surface area contributed by atoms with Crippen LogP contribution >= 0.6 is 0 Å². The molecule has 1 rings (SSSR count). The van der Waals surface area contributed by atoms with Gasteiger partial charge in [-0.15, -0.1) is 0 Å². The minimum Gasteiger partial charge on any atom is -0.444 e. The molecule has 0 spiro atoms. The molecule has 1 fully saturated rings. The van der Waals surface area contributed by atoms with E-state index in [9.17, 15) is 4.79 Å². The summed E-state index contributed by atoms with van der Waals surface area (Å²) in [6, 6.07) is 0.400. The third-order valence-corrected chi connectivity index (χ3v) is 2.76. The van der Waals surface area contributed by atoms with E-state index in [4.69, 9.17) is 4.74 Å². The fourth-order valence-corrected chi connectivity index (χ4v) is 1.87. The van der Waals surface area contributed by atoms with Crippen molar-refractivity contribution < 1.29 is 9.53 Å². The zero-order valence-electron chi connectivity index (χ0n) is 12.7. The molecule has 1 aliphatic rings. The molecule has 4 heteroatoms. The summed E-state index contributed by atoms with van der Waals surface area (Å²) in [4.78, 5) is 13.7. The predicted octanol–water partition coefficient (Wildman–Crippen LogP) is 2.63. The highest BCUT2D eigenvalue weighted by molar-refractivity contribution is 5.68. The van der Waals surface area contributed by atoms with E-state index < -0.39 is 5.60 Å². The van der Waals surface area contributed by atoms with Gasteiger partial charge in [-0.1, -0.05) is 20.8 Å². The highest BCUT2D eigenvalue weighted by Crippen LogP contribution is 2.17. The van der Waals surface area contributed by atoms with Crippen LogP contribution in [0.3, 0.4) is 0 Å². The summed E-state index contributed by atoms with van der Waals surface area (Å²) >= 11 is 0. The summed E-state index contributed by atoms with van der Waals surface area (Å²) in [5.41, 5.74) is -0.132. The zero-order valence-corrected chi connectivity index (χ0v) is 12.7. The number of likely N-dealkylation sites (tertiary alicyclic amines) is 1. The molecule has 0 radical (unpaired) electrons. The molecule has 0 bridgehead atoms. The van der Waals surface area contributed by atoms with Crippen LogP contribution in [0.4, 0.5) is 4.79 Å². The van der Waals surface area contributed by atoms with Gasteiger partial charge in [0.05, 0.1) is 0 Å². The number of nitrogens with zero attached hydrogens (tertiary/aromatic N) is 1. The standard InChI is InChI=1S/C14H28N2O2/c1-13(2,3)10-15-11-7-8-16(9-11)12(17)18-14(4,5)6/h11,15H,7-10H2,1-6H3/t11-/m0/s1. The van der Waals surface area contributed by atoms with Gasteiger partial charge < -0.3 is 15.0 Å². The van der Waals surface area contributed by atoms with Gasteiger partial charge in [0.25, 0.3) is 0 Å². The molecule has 0 saturated carbocycles. The molecule has 1 atom stereocenters. The SMILES string of the molecule is CC(C)(C)CN[C@H]1CCN(C(=O)OC(C)(C)C)C1. The Labute approximate surface area is 111 Å². The molecule has 0 aromatic rings. The zero-order chi connectivity index (χ0) is 14.0. The molecule has 0 aromatic carbocycles. The minimum atomic E-state index is -0.409. The van der Waals surface area contributed by atoms with Crippen LogP contribution in [0, 0.1) is 5.41 Å². The average molecular weight is 256 g/mol. The lowest BCUT2D eigenvalue weighted by atomic mass is 9.96. The van der Waals surface area contributed by atoms with Gasteiger partial charge in [0.2, 0.25) is 0 Å². The Morgan fingerprint density at radius 3 is 2.39 bits per heavy atom. The van der Waals surface area contributed by atoms with Gasteiger partial charge in [-0.25, -0.2) is 4.79 Å². The molecule has 1 aliphatic heterocycles. The molecule has 4 nitrogen and oxygen atoms in total. The number of rotatable bonds is 2. The van der Waals surface area contributed by atoms with E-state index in [2.05, 4.69) is 26.1 Å². The Morgan fingerprint density at radius 2 is 1.89 bits per heavy atom. The van der Waals surface area contributed by atoms with E-state index >= 15 is 0 Å². The van der Waals surface area contributed by atoms with E-state index in [-0.39, 0.29) is 11.5 Å². The summed E-state index contributed by atoms with van der Waals surface area (Å²) in [6.45, 7) is 14.8. The molecular weight excluding hydrogens is 228 g/mol. The average Bonchev–Trinajstić information content (AvgIpc) is 2.58. The van der Waals surface area contributed by atoms with E-state index in [1.54, 1.807) is 4.90 Å². The molecular formula is C14H28N2O2. The van der Waals surface area contributed by atoms with Crippen LogP contribution in [0.5, 0.6) is 0 Å². The second-order valence-corrected chi connectivity index (χ2v) is 7.35. The monoisotopic (exact) mass is 256 g/mol. The minimum absolute atomic E-state index is 0.192. The number of hydrogen-bond donors (Lipinski definition) is 1. The number of ether oxygens (including phenoxy) is 1. The van der Waals surface area contributed by atoms with Crippen molar-refractivity contribution in [3.8, 4) is 0 Å². The van der Waals surface area contributed by atoms with Gasteiger partial charge in [0, 0.05) is 25.7 Å². The van der Waals surface area contributed by atoms with Crippen molar-refractivity contribution in [3.05, 3.63) is 0 Å². The fraction of sp³-hybridized carbons (Fsp3) is 0.929. The third-order valence-electron chi connectivity index (χ3n) is 2.76. The smallest absolute Gasteiger partial charge is 0.410 e. The van der Waals surface area contributed by atoms with Crippen LogP contribution in [0.2, 0.25) is 0 Å². The summed E-state index contributed by atoms with van der Waals surface area (Å²) < 4.78 is 5.37. The van der Waals surface area contributed by atoms with Gasteiger partial charge in [0.1, 0.15) is 5.60 Å². The number of carbonyl (C=O) groups excluding carboxylic acids is 1. The number of hydrogen-bond acceptors (Lipinski definition) is 3. The summed E-state index contributed by atoms with van der Waals surface area (Å²) in [5, 5.41) is 3.52. The normalized spacial score (nSPS) is 21.2. The Hall–Kier alpha value is -0.770. The van der Waals surface area contributed by atoms with Gasteiger partial charge in [-0.3, -0.25) is 0 Å². The first-order valence-corrected chi connectivity index (χ1v) is 6.78. The second-order valence-electron chi connectivity index (χ2n) is 7.35. The Kier molecular flexibility index (Phi) is 4.65. The van der Waals surface area contributed by atoms with Crippen LogP contribution < -0.4 is 5.32 Å². The van der Waals surface area contributed by atoms with Crippen molar-refractivity contribution in [2.75, 3.05) is 19.6 Å². The summed E-state index contributed by atoms with van der Waals surface area (Å²) in [7, 11) is 0. The Balaban J connectivity index is 2.35. The number of nitrogens with one attached hydrogen (secondary N) is 1. The van der Waals surface area contributed by atoms with E-state index in [0.717, 1.165) is 26.1 Å². The van der Waals surface area contributed by atoms with E-state index in [1.165, 1.54) is 0 Å². The Morgan fingerprint density at radius 1 is 1.28 bits per heavy atom. The van der Waals surface area contributed by atoms with E-state index in [1.807, 2.05) is 20.8 Å². The maximum absolute atomic E-state index is 11.9. The van der Waals surface area contributed by atoms with Gasteiger partial charge in [-0.05, 0) is 32.6 Å². The first-order valence-electron chi connectivity index (χ1n) is 6.78. The molecule has 0 aliphatic carbocycles. The van der Waals surface area contributed by atoms with Crippen LogP contribution in [-0.2, 0) is 4.74 Å².